The second-order valence-electron chi connectivity index (χ2n) is 7.54. The summed E-state index contributed by atoms with van der Waals surface area (Å²) in [6, 6.07) is 7.51. The first-order valence-electron chi connectivity index (χ1n) is 8.71. The number of carbonyl (C=O) groups excluding carboxylic acids is 1. The van der Waals surface area contributed by atoms with E-state index in [4.69, 9.17) is 14.2 Å². The number of carbonyl (C=O) groups is 1. The number of morpholine rings is 1. The Morgan fingerprint density at radius 1 is 1.35 bits per heavy atom. The van der Waals surface area contributed by atoms with Crippen molar-refractivity contribution >= 4 is 11.7 Å². The van der Waals surface area contributed by atoms with Gasteiger partial charge in [0.05, 0.1) is 32.4 Å². The van der Waals surface area contributed by atoms with Crippen LogP contribution in [0.25, 0.3) is 5.57 Å². The second kappa shape index (κ2) is 7.00. The summed E-state index contributed by atoms with van der Waals surface area (Å²) >= 11 is 0. The summed E-state index contributed by atoms with van der Waals surface area (Å²) in [6.45, 7) is 6.46. The average Bonchev–Trinajstić information content (AvgIpc) is 2.58. The first kappa shape index (κ1) is 18.3. The smallest absolute Gasteiger partial charge is 0.411 e. The Bertz CT molecular complexity index is 773. The SMILES string of the molecule is COc1cccc(C2=CC3COCC(C2)N3C(=O)OC(C)(C)C)c1C#N. The third-order valence-corrected chi connectivity index (χ3v) is 4.51. The van der Waals surface area contributed by atoms with E-state index in [1.807, 2.05) is 39.0 Å². The molecular weight excluding hydrogens is 332 g/mol. The fraction of sp³-hybridized carbons (Fsp3) is 0.500. The van der Waals surface area contributed by atoms with Crippen molar-refractivity contribution in [3.8, 4) is 11.8 Å². The van der Waals surface area contributed by atoms with E-state index in [1.165, 1.54) is 0 Å². The third kappa shape index (κ3) is 3.54. The van der Waals surface area contributed by atoms with Gasteiger partial charge < -0.3 is 14.2 Å². The van der Waals surface area contributed by atoms with Gasteiger partial charge in [0.1, 0.15) is 23.0 Å². The van der Waals surface area contributed by atoms with Gasteiger partial charge in [-0.15, -0.1) is 0 Å². The molecule has 1 saturated heterocycles. The van der Waals surface area contributed by atoms with Crippen LogP contribution in [0.3, 0.4) is 0 Å². The predicted molar refractivity (Wildman–Crippen MR) is 96.8 cm³/mol. The van der Waals surface area contributed by atoms with Crippen molar-refractivity contribution in [2.75, 3.05) is 20.3 Å². The molecule has 6 heteroatoms. The van der Waals surface area contributed by atoms with E-state index in [2.05, 4.69) is 6.07 Å². The number of nitriles is 1. The summed E-state index contributed by atoms with van der Waals surface area (Å²) in [5.41, 5.74) is 1.87. The van der Waals surface area contributed by atoms with Gasteiger partial charge in [0.25, 0.3) is 0 Å². The topological polar surface area (TPSA) is 71.8 Å². The van der Waals surface area contributed by atoms with Crippen LogP contribution in [0.1, 0.15) is 38.3 Å². The van der Waals surface area contributed by atoms with Gasteiger partial charge in [-0.25, -0.2) is 4.79 Å². The van der Waals surface area contributed by atoms with E-state index < -0.39 is 5.60 Å². The zero-order valence-electron chi connectivity index (χ0n) is 15.6. The molecular formula is C20H24N2O4. The highest BCUT2D eigenvalue weighted by Gasteiger charge is 2.40. The van der Waals surface area contributed by atoms with Crippen molar-refractivity contribution < 1.29 is 19.0 Å². The molecule has 1 aromatic rings. The van der Waals surface area contributed by atoms with Crippen molar-refractivity contribution in [1.82, 2.24) is 4.90 Å². The number of ether oxygens (including phenoxy) is 3. The summed E-state index contributed by atoms with van der Waals surface area (Å²) in [7, 11) is 1.56. The minimum absolute atomic E-state index is 0.110. The van der Waals surface area contributed by atoms with Gasteiger partial charge in [0, 0.05) is 0 Å². The highest BCUT2D eigenvalue weighted by atomic mass is 16.6. The lowest BCUT2D eigenvalue weighted by molar-refractivity contribution is -0.0510. The van der Waals surface area contributed by atoms with Gasteiger partial charge >= 0.3 is 6.09 Å². The van der Waals surface area contributed by atoms with Crippen LogP contribution in [0.2, 0.25) is 0 Å². The molecule has 2 heterocycles. The molecule has 2 bridgehead atoms. The molecule has 1 fully saturated rings. The maximum atomic E-state index is 12.6. The van der Waals surface area contributed by atoms with E-state index in [0.29, 0.717) is 30.9 Å². The van der Waals surface area contributed by atoms with Gasteiger partial charge in [-0.1, -0.05) is 18.2 Å². The Hall–Kier alpha value is -2.52. The lowest BCUT2D eigenvalue weighted by Gasteiger charge is -2.44. The first-order chi connectivity index (χ1) is 12.3. The molecule has 138 valence electrons. The average molecular weight is 356 g/mol. The van der Waals surface area contributed by atoms with Gasteiger partial charge in [0.15, 0.2) is 0 Å². The van der Waals surface area contributed by atoms with Crippen LogP contribution < -0.4 is 4.74 Å². The zero-order valence-corrected chi connectivity index (χ0v) is 15.6. The molecule has 26 heavy (non-hydrogen) atoms. The van der Waals surface area contributed by atoms with Crippen LogP contribution in [0, 0.1) is 11.3 Å². The minimum atomic E-state index is -0.545. The second-order valence-corrected chi connectivity index (χ2v) is 7.54. The Kier molecular flexibility index (Phi) is 4.92. The molecule has 0 spiro atoms. The molecule has 2 unspecified atom stereocenters. The molecule has 3 rings (SSSR count). The van der Waals surface area contributed by atoms with Gasteiger partial charge in [-0.3, -0.25) is 4.90 Å². The molecule has 2 aliphatic heterocycles. The van der Waals surface area contributed by atoms with E-state index in [1.54, 1.807) is 18.1 Å². The molecule has 1 amide bonds. The van der Waals surface area contributed by atoms with Gasteiger partial charge in [-0.05, 0) is 44.4 Å². The highest BCUT2D eigenvalue weighted by Crippen LogP contribution is 2.36. The predicted octanol–water partition coefficient (Wildman–Crippen LogP) is 3.36. The number of benzene rings is 1. The molecule has 1 aromatic carbocycles. The fourth-order valence-corrected chi connectivity index (χ4v) is 3.48. The molecule has 0 N–H and O–H groups in total. The Morgan fingerprint density at radius 2 is 2.12 bits per heavy atom. The summed E-state index contributed by atoms with van der Waals surface area (Å²) in [5, 5.41) is 9.57. The molecule has 0 aromatic heterocycles. The summed E-state index contributed by atoms with van der Waals surface area (Å²) in [6.07, 6.45) is 2.30. The number of amides is 1. The lowest BCUT2D eigenvalue weighted by Crippen LogP contribution is -2.57. The van der Waals surface area contributed by atoms with E-state index in [-0.39, 0.29) is 18.2 Å². The standard InChI is InChI=1S/C20H24N2O4/c1-20(2,3)26-19(23)22-14-8-13(9-15(22)12-25-11-14)16-6-5-7-18(24-4)17(16)10-21/h5-8,14-15H,9,11-12H2,1-4H3. The number of nitrogens with zero attached hydrogens (tertiary/aromatic N) is 2. The van der Waals surface area contributed by atoms with Crippen molar-refractivity contribution in [2.45, 2.75) is 44.9 Å². The quantitative estimate of drug-likeness (QED) is 0.812. The maximum Gasteiger partial charge on any atom is 0.411 e. The monoisotopic (exact) mass is 356 g/mol. The normalized spacial score (nSPS) is 22.3. The summed E-state index contributed by atoms with van der Waals surface area (Å²) in [4.78, 5) is 14.4. The number of hydrogen-bond donors (Lipinski definition) is 0. The Labute approximate surface area is 153 Å². The van der Waals surface area contributed by atoms with Gasteiger partial charge in [-0.2, -0.15) is 5.26 Å². The zero-order chi connectivity index (χ0) is 18.9. The van der Waals surface area contributed by atoms with Crippen molar-refractivity contribution in [3.05, 3.63) is 35.4 Å². The van der Waals surface area contributed by atoms with Crippen molar-refractivity contribution in [2.24, 2.45) is 0 Å². The van der Waals surface area contributed by atoms with E-state index >= 15 is 0 Å². The Balaban J connectivity index is 1.95. The highest BCUT2D eigenvalue weighted by molar-refractivity contribution is 5.78. The minimum Gasteiger partial charge on any atom is -0.495 e. The Morgan fingerprint density at radius 3 is 2.73 bits per heavy atom. The van der Waals surface area contributed by atoms with Crippen LogP contribution in [0.4, 0.5) is 4.79 Å². The number of rotatable bonds is 2. The molecule has 0 radical (unpaired) electrons. The molecule has 6 nitrogen and oxygen atoms in total. The van der Waals surface area contributed by atoms with Crippen LogP contribution in [-0.4, -0.2) is 49.0 Å². The summed E-state index contributed by atoms with van der Waals surface area (Å²) in [5.74, 6) is 0.557. The molecule has 2 atom stereocenters. The van der Waals surface area contributed by atoms with Crippen molar-refractivity contribution in [1.29, 1.82) is 5.26 Å². The molecule has 0 aliphatic carbocycles. The lowest BCUT2D eigenvalue weighted by atomic mass is 9.88. The maximum absolute atomic E-state index is 12.6. The number of fused-ring (bicyclic) bond motifs is 2. The van der Waals surface area contributed by atoms with E-state index in [9.17, 15) is 10.1 Å². The molecule has 2 aliphatic rings. The van der Waals surface area contributed by atoms with Crippen molar-refractivity contribution in [3.63, 3.8) is 0 Å². The van der Waals surface area contributed by atoms with Gasteiger partial charge in [0.2, 0.25) is 0 Å². The summed E-state index contributed by atoms with van der Waals surface area (Å²) < 4.78 is 16.5. The van der Waals surface area contributed by atoms with Crippen LogP contribution in [0.15, 0.2) is 24.3 Å². The largest absolute Gasteiger partial charge is 0.495 e. The molecule has 0 saturated carbocycles. The third-order valence-electron chi connectivity index (χ3n) is 4.51. The van der Waals surface area contributed by atoms with E-state index in [0.717, 1.165) is 11.1 Å². The number of methoxy groups -OCH3 is 1. The van der Waals surface area contributed by atoms with Crippen LogP contribution >= 0.6 is 0 Å². The van der Waals surface area contributed by atoms with Crippen LogP contribution in [0.5, 0.6) is 5.75 Å². The number of hydrogen-bond acceptors (Lipinski definition) is 5. The van der Waals surface area contributed by atoms with Crippen LogP contribution in [-0.2, 0) is 9.47 Å². The first-order valence-corrected chi connectivity index (χ1v) is 8.71. The fourth-order valence-electron chi connectivity index (χ4n) is 3.48.